The first-order valence-electron chi connectivity index (χ1n) is 9.03. The summed E-state index contributed by atoms with van der Waals surface area (Å²) in [5.41, 5.74) is 0.00755. The van der Waals surface area contributed by atoms with Crippen LogP contribution in [0.1, 0.15) is 34.0 Å². The number of benzene rings is 1. The van der Waals surface area contributed by atoms with Crippen LogP contribution in [0.2, 0.25) is 0 Å². The Bertz CT molecular complexity index is 1220. The number of hydrogen-bond donors (Lipinski definition) is 3. The number of nitrogens with one attached hydrogen (secondary N) is 2. The molecule has 3 rings (SSSR count). The molecule has 31 heavy (non-hydrogen) atoms. The van der Waals surface area contributed by atoms with E-state index in [1.807, 2.05) is 0 Å². The van der Waals surface area contributed by atoms with Gasteiger partial charge in [0.25, 0.3) is 5.91 Å². The van der Waals surface area contributed by atoms with Gasteiger partial charge in [-0.25, -0.2) is 22.6 Å². The summed E-state index contributed by atoms with van der Waals surface area (Å²) in [5.74, 6) is -1.64. The van der Waals surface area contributed by atoms with Crippen molar-refractivity contribution in [3.8, 4) is 11.6 Å². The first-order chi connectivity index (χ1) is 14.6. The number of carbonyl (C=O) groups is 2. The van der Waals surface area contributed by atoms with Crippen molar-refractivity contribution in [2.45, 2.75) is 24.8 Å². The normalized spacial score (nSPS) is 11.5. The number of aryl methyl sites for hydroxylation is 1. The van der Waals surface area contributed by atoms with Crippen molar-refractivity contribution in [2.75, 3.05) is 5.32 Å². The number of thiophene rings is 1. The van der Waals surface area contributed by atoms with Gasteiger partial charge < -0.3 is 15.2 Å². The number of carbonyl (C=O) groups excluding carboxylic acids is 1. The number of carboxylic acid groups (broad SMARTS) is 1. The molecule has 2 aromatic heterocycles. The highest BCUT2D eigenvalue weighted by Crippen LogP contribution is 2.32. The van der Waals surface area contributed by atoms with Crippen LogP contribution in [0.4, 0.5) is 5.69 Å². The lowest BCUT2D eigenvalue weighted by molar-refractivity contribution is 0.0689. The zero-order valence-electron chi connectivity index (χ0n) is 16.8. The Morgan fingerprint density at radius 2 is 1.97 bits per heavy atom. The maximum Gasteiger partial charge on any atom is 0.356 e. The molecule has 0 aliphatic heterocycles. The molecule has 0 unspecified atom stereocenters. The SMILES string of the molecule is CC(C)NS(=O)(=O)c1cc(NC(=O)c2cccs2)ccc1Oc1cc(C(=O)O)nn1C. The Morgan fingerprint density at radius 1 is 1.23 bits per heavy atom. The van der Waals surface area contributed by atoms with Crippen LogP contribution in [-0.4, -0.2) is 41.2 Å². The van der Waals surface area contributed by atoms with E-state index in [0.29, 0.717) is 4.88 Å². The zero-order chi connectivity index (χ0) is 22.8. The van der Waals surface area contributed by atoms with Gasteiger partial charge in [-0.05, 0) is 43.5 Å². The van der Waals surface area contributed by atoms with E-state index in [0.717, 1.165) is 0 Å². The third-order valence-electron chi connectivity index (χ3n) is 3.90. The van der Waals surface area contributed by atoms with Crippen LogP contribution in [0.5, 0.6) is 11.6 Å². The van der Waals surface area contributed by atoms with Crippen molar-refractivity contribution < 1.29 is 27.9 Å². The molecule has 0 radical (unpaired) electrons. The first-order valence-corrected chi connectivity index (χ1v) is 11.4. The molecule has 10 nitrogen and oxygen atoms in total. The van der Waals surface area contributed by atoms with E-state index < -0.39 is 22.0 Å². The summed E-state index contributed by atoms with van der Waals surface area (Å²) in [5, 5.41) is 17.3. The molecule has 0 saturated heterocycles. The number of ether oxygens (including phenoxy) is 1. The van der Waals surface area contributed by atoms with Crippen LogP contribution >= 0.6 is 11.3 Å². The van der Waals surface area contributed by atoms with Crippen LogP contribution in [-0.2, 0) is 17.1 Å². The molecule has 0 fully saturated rings. The molecule has 0 aliphatic carbocycles. The molecule has 2 heterocycles. The topological polar surface area (TPSA) is 140 Å². The van der Waals surface area contributed by atoms with Crippen LogP contribution in [0.15, 0.2) is 46.7 Å². The third-order valence-corrected chi connectivity index (χ3v) is 6.45. The van der Waals surface area contributed by atoms with Gasteiger partial charge in [0.1, 0.15) is 10.6 Å². The molecular weight excluding hydrogens is 444 g/mol. The van der Waals surface area contributed by atoms with Gasteiger partial charge in [-0.1, -0.05) is 6.07 Å². The monoisotopic (exact) mass is 464 g/mol. The number of nitrogens with zero attached hydrogens (tertiary/aromatic N) is 2. The van der Waals surface area contributed by atoms with Crippen molar-refractivity contribution in [3.63, 3.8) is 0 Å². The van der Waals surface area contributed by atoms with Gasteiger partial charge >= 0.3 is 5.97 Å². The van der Waals surface area contributed by atoms with E-state index in [4.69, 9.17) is 9.84 Å². The summed E-state index contributed by atoms with van der Waals surface area (Å²) in [6.45, 7) is 3.33. The second kappa shape index (κ2) is 8.88. The minimum Gasteiger partial charge on any atom is -0.476 e. The van der Waals surface area contributed by atoms with Gasteiger partial charge in [-0.3, -0.25) is 4.79 Å². The van der Waals surface area contributed by atoms with Crippen LogP contribution < -0.4 is 14.8 Å². The number of anilines is 1. The minimum absolute atomic E-state index is 0.0359. The summed E-state index contributed by atoms with van der Waals surface area (Å²) >= 11 is 1.25. The van der Waals surface area contributed by atoms with Gasteiger partial charge in [-0.2, -0.15) is 5.10 Å². The predicted molar refractivity (Wildman–Crippen MR) is 114 cm³/mol. The van der Waals surface area contributed by atoms with Gasteiger partial charge in [-0.15, -0.1) is 11.3 Å². The highest BCUT2D eigenvalue weighted by molar-refractivity contribution is 7.89. The summed E-state index contributed by atoms with van der Waals surface area (Å²) in [4.78, 5) is 23.7. The summed E-state index contributed by atoms with van der Waals surface area (Å²) in [6, 6.07) is 8.32. The van der Waals surface area contributed by atoms with Crippen LogP contribution in [0.25, 0.3) is 0 Å². The molecule has 3 aromatic rings. The van der Waals surface area contributed by atoms with E-state index >= 15 is 0 Å². The average molecular weight is 465 g/mol. The largest absolute Gasteiger partial charge is 0.476 e. The van der Waals surface area contributed by atoms with E-state index in [2.05, 4.69) is 15.1 Å². The number of aromatic nitrogens is 2. The lowest BCUT2D eigenvalue weighted by Crippen LogP contribution is -2.30. The van der Waals surface area contributed by atoms with E-state index in [1.54, 1.807) is 31.4 Å². The maximum atomic E-state index is 12.9. The second-order valence-electron chi connectivity index (χ2n) is 6.77. The van der Waals surface area contributed by atoms with Gasteiger partial charge in [0.2, 0.25) is 15.9 Å². The van der Waals surface area contributed by atoms with E-state index in [-0.39, 0.29) is 33.8 Å². The lowest BCUT2D eigenvalue weighted by atomic mass is 10.3. The van der Waals surface area contributed by atoms with Gasteiger partial charge in [0.15, 0.2) is 5.69 Å². The van der Waals surface area contributed by atoms with Crippen LogP contribution in [0, 0.1) is 0 Å². The minimum atomic E-state index is -4.01. The van der Waals surface area contributed by atoms with E-state index in [1.165, 1.54) is 47.3 Å². The number of aromatic carboxylic acids is 1. The molecule has 12 heteroatoms. The molecule has 0 atom stereocenters. The molecule has 164 valence electrons. The number of amides is 1. The molecule has 1 amide bonds. The van der Waals surface area contributed by atoms with Crippen molar-refractivity contribution in [3.05, 3.63) is 52.3 Å². The fraction of sp³-hybridized carbons (Fsp3) is 0.211. The van der Waals surface area contributed by atoms with Gasteiger partial charge in [0.05, 0.1) is 4.88 Å². The highest BCUT2D eigenvalue weighted by atomic mass is 32.2. The molecular formula is C19H20N4O6S2. The third kappa shape index (κ3) is 5.29. The number of rotatable bonds is 8. The highest BCUT2D eigenvalue weighted by Gasteiger charge is 2.24. The van der Waals surface area contributed by atoms with E-state index in [9.17, 15) is 18.0 Å². The zero-order valence-corrected chi connectivity index (χ0v) is 18.5. The standard InChI is InChI=1S/C19H20N4O6S2/c1-11(2)22-31(27,28)16-9-12(20-18(24)15-5-4-8-30-15)6-7-14(16)29-17-10-13(19(25)26)21-23(17)3/h4-11,22H,1-3H3,(H,20,24)(H,25,26). The Balaban J connectivity index is 2.00. The molecule has 1 aromatic carbocycles. The predicted octanol–water partition coefficient (Wildman–Crippen LogP) is 2.91. The Kier molecular flexibility index (Phi) is 6.43. The quantitative estimate of drug-likeness (QED) is 0.466. The molecule has 0 spiro atoms. The molecule has 0 bridgehead atoms. The fourth-order valence-electron chi connectivity index (χ4n) is 2.62. The van der Waals surface area contributed by atoms with Crippen molar-refractivity contribution in [1.29, 1.82) is 0 Å². The van der Waals surface area contributed by atoms with Crippen molar-refractivity contribution >= 4 is 38.9 Å². The van der Waals surface area contributed by atoms with Crippen molar-refractivity contribution in [2.24, 2.45) is 7.05 Å². The number of sulfonamides is 1. The molecule has 3 N–H and O–H groups in total. The Morgan fingerprint density at radius 3 is 2.55 bits per heavy atom. The summed E-state index contributed by atoms with van der Waals surface area (Å²) in [6.07, 6.45) is 0. The molecule has 0 saturated carbocycles. The number of hydrogen-bond acceptors (Lipinski definition) is 7. The molecule has 0 aliphatic rings. The van der Waals surface area contributed by atoms with Crippen LogP contribution in [0.3, 0.4) is 0 Å². The fourth-order valence-corrected chi connectivity index (χ4v) is 4.64. The number of carboxylic acids is 1. The van der Waals surface area contributed by atoms with Gasteiger partial charge in [0, 0.05) is 24.8 Å². The first kappa shape index (κ1) is 22.5. The Hall–Kier alpha value is -3.22. The second-order valence-corrected chi connectivity index (χ2v) is 9.40. The Labute approximate surface area is 182 Å². The smallest absolute Gasteiger partial charge is 0.356 e. The lowest BCUT2D eigenvalue weighted by Gasteiger charge is -2.15. The average Bonchev–Trinajstić information content (AvgIpc) is 3.32. The maximum absolute atomic E-state index is 12.9. The summed E-state index contributed by atoms with van der Waals surface area (Å²) < 4.78 is 35.1. The summed E-state index contributed by atoms with van der Waals surface area (Å²) in [7, 11) is -2.54. The van der Waals surface area contributed by atoms with Crippen molar-refractivity contribution in [1.82, 2.24) is 14.5 Å².